The van der Waals surface area contributed by atoms with Crippen molar-refractivity contribution in [1.82, 2.24) is 9.97 Å². The summed E-state index contributed by atoms with van der Waals surface area (Å²) < 4.78 is 5.11. The SMILES string of the molecule is CCc1cnc(C2(CO)COC2)[nH]1. The van der Waals surface area contributed by atoms with Crippen molar-refractivity contribution in [3.05, 3.63) is 17.7 Å². The average molecular weight is 182 g/mol. The Morgan fingerprint density at radius 1 is 1.69 bits per heavy atom. The zero-order valence-corrected chi connectivity index (χ0v) is 7.71. The van der Waals surface area contributed by atoms with Gasteiger partial charge >= 0.3 is 0 Å². The molecular formula is C9H14N2O2. The Labute approximate surface area is 77.0 Å². The minimum absolute atomic E-state index is 0.101. The standard InChI is InChI=1S/C9H14N2O2/c1-2-7-3-10-8(11-7)9(4-12)5-13-6-9/h3,12H,2,4-6H2,1H3,(H,10,11). The number of H-pyrrole nitrogens is 1. The molecule has 72 valence electrons. The van der Waals surface area contributed by atoms with Crippen molar-refractivity contribution in [2.75, 3.05) is 19.8 Å². The van der Waals surface area contributed by atoms with E-state index in [0.29, 0.717) is 13.2 Å². The molecule has 2 rings (SSSR count). The van der Waals surface area contributed by atoms with Crippen LogP contribution in [0.5, 0.6) is 0 Å². The molecule has 1 fully saturated rings. The molecule has 0 bridgehead atoms. The van der Waals surface area contributed by atoms with Crippen molar-refractivity contribution in [3.63, 3.8) is 0 Å². The molecule has 0 amide bonds. The fourth-order valence-corrected chi connectivity index (χ4v) is 1.46. The van der Waals surface area contributed by atoms with Crippen LogP contribution >= 0.6 is 0 Å². The Bertz CT molecular complexity index is 286. The summed E-state index contributed by atoms with van der Waals surface area (Å²) in [4.78, 5) is 7.46. The number of hydrogen-bond donors (Lipinski definition) is 2. The van der Waals surface area contributed by atoms with Crippen LogP contribution < -0.4 is 0 Å². The number of rotatable bonds is 3. The van der Waals surface area contributed by atoms with Gasteiger partial charge < -0.3 is 14.8 Å². The highest BCUT2D eigenvalue weighted by Crippen LogP contribution is 2.29. The molecule has 0 spiro atoms. The van der Waals surface area contributed by atoms with E-state index >= 15 is 0 Å². The first kappa shape index (κ1) is 8.72. The van der Waals surface area contributed by atoms with Crippen LogP contribution in [0.4, 0.5) is 0 Å². The average Bonchev–Trinajstić information content (AvgIpc) is 2.52. The first-order valence-corrected chi connectivity index (χ1v) is 4.54. The maximum Gasteiger partial charge on any atom is 0.119 e. The van der Waals surface area contributed by atoms with Crippen LogP contribution in [0.3, 0.4) is 0 Å². The highest BCUT2D eigenvalue weighted by atomic mass is 16.5. The zero-order chi connectivity index (χ0) is 9.31. The molecule has 0 aromatic carbocycles. The number of ether oxygens (including phenoxy) is 1. The van der Waals surface area contributed by atoms with Crippen LogP contribution in [0, 0.1) is 0 Å². The number of nitrogens with one attached hydrogen (secondary N) is 1. The van der Waals surface area contributed by atoms with Gasteiger partial charge in [0.2, 0.25) is 0 Å². The van der Waals surface area contributed by atoms with Crippen LogP contribution in [0.15, 0.2) is 6.20 Å². The van der Waals surface area contributed by atoms with Gasteiger partial charge in [0.25, 0.3) is 0 Å². The maximum atomic E-state index is 9.23. The summed E-state index contributed by atoms with van der Waals surface area (Å²) >= 11 is 0. The largest absolute Gasteiger partial charge is 0.395 e. The van der Waals surface area contributed by atoms with Crippen LogP contribution in [-0.4, -0.2) is 34.9 Å². The van der Waals surface area contributed by atoms with Crippen LogP contribution in [0.1, 0.15) is 18.4 Å². The van der Waals surface area contributed by atoms with Crippen molar-refractivity contribution >= 4 is 0 Å². The molecular weight excluding hydrogens is 168 g/mol. The van der Waals surface area contributed by atoms with Crippen LogP contribution in [0.2, 0.25) is 0 Å². The van der Waals surface area contributed by atoms with Crippen molar-refractivity contribution in [2.24, 2.45) is 0 Å². The molecule has 1 aromatic heterocycles. The number of nitrogens with zero attached hydrogens (tertiary/aromatic N) is 1. The van der Waals surface area contributed by atoms with Gasteiger partial charge in [-0.15, -0.1) is 0 Å². The Morgan fingerprint density at radius 3 is 2.85 bits per heavy atom. The molecule has 0 radical (unpaired) electrons. The Hall–Kier alpha value is -0.870. The van der Waals surface area contributed by atoms with Gasteiger partial charge in [-0.25, -0.2) is 4.98 Å². The minimum Gasteiger partial charge on any atom is -0.395 e. The molecule has 1 aliphatic rings. The summed E-state index contributed by atoms with van der Waals surface area (Å²) in [6, 6.07) is 0. The summed E-state index contributed by atoms with van der Waals surface area (Å²) in [5.74, 6) is 0.859. The summed E-state index contributed by atoms with van der Waals surface area (Å²) in [5, 5.41) is 9.23. The second-order valence-electron chi connectivity index (χ2n) is 3.54. The maximum absolute atomic E-state index is 9.23. The fourth-order valence-electron chi connectivity index (χ4n) is 1.46. The molecule has 4 heteroatoms. The van der Waals surface area contributed by atoms with Crippen molar-refractivity contribution < 1.29 is 9.84 Å². The smallest absolute Gasteiger partial charge is 0.119 e. The van der Waals surface area contributed by atoms with Crippen molar-refractivity contribution in [1.29, 1.82) is 0 Å². The third kappa shape index (κ3) is 1.26. The molecule has 4 nitrogen and oxygen atoms in total. The zero-order valence-electron chi connectivity index (χ0n) is 7.71. The van der Waals surface area contributed by atoms with E-state index in [0.717, 1.165) is 17.9 Å². The molecule has 0 unspecified atom stereocenters. The molecule has 1 saturated heterocycles. The van der Waals surface area contributed by atoms with Crippen molar-refractivity contribution in [3.8, 4) is 0 Å². The first-order valence-electron chi connectivity index (χ1n) is 4.54. The topological polar surface area (TPSA) is 58.1 Å². The second kappa shape index (κ2) is 3.12. The number of aryl methyl sites for hydroxylation is 1. The first-order chi connectivity index (χ1) is 6.30. The normalized spacial score (nSPS) is 19.8. The lowest BCUT2D eigenvalue weighted by Crippen LogP contribution is -2.50. The summed E-state index contributed by atoms with van der Waals surface area (Å²) in [6.45, 7) is 3.31. The molecule has 1 aliphatic heterocycles. The van der Waals surface area contributed by atoms with E-state index < -0.39 is 0 Å². The van der Waals surface area contributed by atoms with Gasteiger partial charge in [-0.2, -0.15) is 0 Å². The Balaban J connectivity index is 2.23. The molecule has 0 atom stereocenters. The van der Waals surface area contributed by atoms with Crippen LogP contribution in [-0.2, 0) is 16.6 Å². The van der Waals surface area contributed by atoms with E-state index in [1.807, 2.05) is 6.20 Å². The number of imidazole rings is 1. The fraction of sp³-hybridized carbons (Fsp3) is 0.667. The summed E-state index contributed by atoms with van der Waals surface area (Å²) in [6.07, 6.45) is 2.76. The Kier molecular flexibility index (Phi) is 2.09. The third-order valence-corrected chi connectivity index (χ3v) is 2.57. The summed E-state index contributed by atoms with van der Waals surface area (Å²) in [7, 11) is 0. The Morgan fingerprint density at radius 2 is 2.46 bits per heavy atom. The predicted octanol–water partition coefficient (Wildman–Crippen LogP) is 0.232. The van der Waals surface area contributed by atoms with Gasteiger partial charge in [0.15, 0.2) is 0 Å². The van der Waals surface area contributed by atoms with E-state index in [4.69, 9.17) is 4.74 Å². The van der Waals surface area contributed by atoms with Gasteiger partial charge in [0.1, 0.15) is 5.82 Å². The van der Waals surface area contributed by atoms with Gasteiger partial charge in [-0.05, 0) is 6.42 Å². The highest BCUT2D eigenvalue weighted by molar-refractivity contribution is 5.16. The van der Waals surface area contributed by atoms with E-state index in [1.165, 1.54) is 0 Å². The second-order valence-corrected chi connectivity index (χ2v) is 3.54. The number of aliphatic hydroxyl groups is 1. The third-order valence-electron chi connectivity index (χ3n) is 2.57. The number of aliphatic hydroxyl groups excluding tert-OH is 1. The lowest BCUT2D eigenvalue weighted by molar-refractivity contribution is -0.0881. The van der Waals surface area contributed by atoms with E-state index in [9.17, 15) is 5.11 Å². The quantitative estimate of drug-likeness (QED) is 0.703. The van der Waals surface area contributed by atoms with E-state index in [2.05, 4.69) is 16.9 Å². The summed E-state index contributed by atoms with van der Waals surface area (Å²) in [5.41, 5.74) is 0.850. The van der Waals surface area contributed by atoms with Crippen molar-refractivity contribution in [2.45, 2.75) is 18.8 Å². The van der Waals surface area contributed by atoms with Gasteiger partial charge in [-0.3, -0.25) is 0 Å². The van der Waals surface area contributed by atoms with E-state index in [-0.39, 0.29) is 12.0 Å². The molecule has 2 heterocycles. The molecule has 2 N–H and O–H groups in total. The highest BCUT2D eigenvalue weighted by Gasteiger charge is 2.42. The monoisotopic (exact) mass is 182 g/mol. The molecule has 13 heavy (non-hydrogen) atoms. The number of hydrogen-bond acceptors (Lipinski definition) is 3. The number of aromatic nitrogens is 2. The van der Waals surface area contributed by atoms with Gasteiger partial charge in [0.05, 0.1) is 25.2 Å². The minimum atomic E-state index is -0.257. The predicted molar refractivity (Wildman–Crippen MR) is 47.5 cm³/mol. The molecule has 0 aliphatic carbocycles. The molecule has 0 saturated carbocycles. The molecule has 1 aromatic rings. The van der Waals surface area contributed by atoms with E-state index in [1.54, 1.807) is 0 Å². The van der Waals surface area contributed by atoms with Gasteiger partial charge in [-0.1, -0.05) is 6.92 Å². The van der Waals surface area contributed by atoms with Crippen LogP contribution in [0.25, 0.3) is 0 Å². The lowest BCUT2D eigenvalue weighted by Gasteiger charge is -2.37. The number of aromatic amines is 1. The van der Waals surface area contributed by atoms with Gasteiger partial charge in [0, 0.05) is 11.9 Å². The lowest BCUT2D eigenvalue weighted by atomic mass is 9.86.